The number of carbonyl (C=O) groups is 1. The van der Waals surface area contributed by atoms with Gasteiger partial charge in [-0.05, 0) is 13.3 Å². The third-order valence-corrected chi connectivity index (χ3v) is 3.27. The molecule has 3 atom stereocenters. The maximum atomic E-state index is 11.0. The van der Waals surface area contributed by atoms with Gasteiger partial charge in [0.15, 0.2) is 0 Å². The van der Waals surface area contributed by atoms with E-state index >= 15 is 0 Å². The van der Waals surface area contributed by atoms with Crippen molar-refractivity contribution in [1.82, 2.24) is 5.32 Å². The number of rotatable bonds is 6. The second kappa shape index (κ2) is 6.10. The molecule has 3 unspecified atom stereocenters. The van der Waals surface area contributed by atoms with Crippen molar-refractivity contribution < 1.29 is 9.00 Å². The van der Waals surface area contributed by atoms with E-state index in [1.165, 1.54) is 0 Å². The van der Waals surface area contributed by atoms with Crippen LogP contribution < -0.4 is 11.1 Å². The van der Waals surface area contributed by atoms with Crippen LogP contribution in [0.5, 0.6) is 0 Å². The molecule has 0 aromatic carbocycles. The van der Waals surface area contributed by atoms with Gasteiger partial charge in [-0.15, -0.1) is 0 Å². The molecule has 0 saturated heterocycles. The minimum absolute atomic E-state index is 0.0494. The average Bonchev–Trinajstić information content (AvgIpc) is 2.04. The van der Waals surface area contributed by atoms with E-state index in [-0.39, 0.29) is 17.2 Å². The molecule has 4 nitrogen and oxygen atoms in total. The van der Waals surface area contributed by atoms with Gasteiger partial charge < -0.3 is 11.1 Å². The van der Waals surface area contributed by atoms with Crippen molar-refractivity contribution in [2.24, 2.45) is 5.73 Å². The molecule has 3 N–H and O–H groups in total. The van der Waals surface area contributed by atoms with Crippen LogP contribution >= 0.6 is 0 Å². The first-order valence-corrected chi connectivity index (χ1v) is 5.96. The smallest absolute Gasteiger partial charge is 0.234 e. The van der Waals surface area contributed by atoms with Gasteiger partial charge in [0.1, 0.15) is 0 Å². The fraction of sp³-hybridized carbons (Fsp3) is 0.875. The summed E-state index contributed by atoms with van der Waals surface area (Å²) in [6.45, 7) is 4.32. The van der Waals surface area contributed by atoms with Crippen LogP contribution in [0.2, 0.25) is 0 Å². The van der Waals surface area contributed by atoms with Gasteiger partial charge in [0.05, 0.1) is 6.04 Å². The summed E-state index contributed by atoms with van der Waals surface area (Å²) in [7, 11) is -0.857. The lowest BCUT2D eigenvalue weighted by molar-refractivity contribution is -0.120. The van der Waals surface area contributed by atoms with Crippen molar-refractivity contribution in [2.45, 2.75) is 31.6 Å². The molecule has 0 heterocycles. The molecule has 0 aliphatic rings. The molecule has 0 radical (unpaired) electrons. The van der Waals surface area contributed by atoms with Gasteiger partial charge in [0, 0.05) is 28.9 Å². The molecular weight excluding hydrogens is 188 g/mol. The summed E-state index contributed by atoms with van der Waals surface area (Å²) in [5, 5.41) is 3.03. The van der Waals surface area contributed by atoms with Gasteiger partial charge in [-0.1, -0.05) is 6.92 Å². The SMILES string of the molecule is CCC(NCC(C)S(C)=O)C(N)=O. The highest BCUT2D eigenvalue weighted by Gasteiger charge is 2.14. The number of hydrogen-bond acceptors (Lipinski definition) is 3. The van der Waals surface area contributed by atoms with E-state index in [9.17, 15) is 9.00 Å². The number of nitrogens with two attached hydrogens (primary N) is 1. The van der Waals surface area contributed by atoms with Crippen LogP contribution in [-0.4, -0.2) is 34.2 Å². The molecule has 78 valence electrons. The molecule has 0 aromatic rings. The number of hydrogen-bond donors (Lipinski definition) is 2. The van der Waals surface area contributed by atoms with Crippen molar-refractivity contribution >= 4 is 16.7 Å². The van der Waals surface area contributed by atoms with E-state index < -0.39 is 10.8 Å². The molecule has 13 heavy (non-hydrogen) atoms. The molecular formula is C8H18N2O2S. The Kier molecular flexibility index (Phi) is 5.90. The van der Waals surface area contributed by atoms with E-state index in [4.69, 9.17) is 5.73 Å². The van der Waals surface area contributed by atoms with Crippen LogP contribution in [0.15, 0.2) is 0 Å². The molecule has 5 heteroatoms. The highest BCUT2D eigenvalue weighted by Crippen LogP contribution is 1.94. The number of amides is 1. The summed E-state index contributed by atoms with van der Waals surface area (Å²) in [6.07, 6.45) is 2.32. The number of nitrogens with one attached hydrogen (secondary N) is 1. The monoisotopic (exact) mass is 206 g/mol. The molecule has 0 aliphatic carbocycles. The molecule has 0 fully saturated rings. The average molecular weight is 206 g/mol. The lowest BCUT2D eigenvalue weighted by Crippen LogP contribution is -2.44. The summed E-state index contributed by atoms with van der Waals surface area (Å²) in [5.74, 6) is -0.350. The second-order valence-corrected chi connectivity index (χ2v) is 4.88. The first kappa shape index (κ1) is 12.6. The Morgan fingerprint density at radius 1 is 1.62 bits per heavy atom. The van der Waals surface area contributed by atoms with Gasteiger partial charge in [-0.25, -0.2) is 0 Å². The van der Waals surface area contributed by atoms with Gasteiger partial charge >= 0.3 is 0 Å². The predicted octanol–water partition coefficient (Wildman–Crippen LogP) is -0.393. The minimum atomic E-state index is -0.857. The van der Waals surface area contributed by atoms with E-state index in [1.54, 1.807) is 6.26 Å². The van der Waals surface area contributed by atoms with Gasteiger partial charge in [0.25, 0.3) is 0 Å². The van der Waals surface area contributed by atoms with Crippen molar-refractivity contribution in [3.63, 3.8) is 0 Å². The topological polar surface area (TPSA) is 72.2 Å². The second-order valence-electron chi connectivity index (χ2n) is 3.08. The lowest BCUT2D eigenvalue weighted by atomic mass is 10.2. The highest BCUT2D eigenvalue weighted by atomic mass is 32.2. The first-order valence-electron chi connectivity index (χ1n) is 4.34. The van der Waals surface area contributed by atoms with E-state index in [0.29, 0.717) is 13.0 Å². The largest absolute Gasteiger partial charge is 0.368 e. The molecule has 1 amide bonds. The molecule has 0 spiro atoms. The summed E-state index contributed by atoms with van der Waals surface area (Å²) in [6, 6.07) is -0.300. The normalized spacial score (nSPS) is 17.8. The first-order chi connectivity index (χ1) is 5.99. The Balaban J connectivity index is 3.85. The zero-order valence-corrected chi connectivity index (χ0v) is 9.19. The molecule has 0 aromatic heterocycles. The van der Waals surface area contributed by atoms with Crippen LogP contribution in [-0.2, 0) is 15.6 Å². The van der Waals surface area contributed by atoms with Crippen LogP contribution in [0.4, 0.5) is 0 Å². The van der Waals surface area contributed by atoms with Crippen molar-refractivity contribution in [3.05, 3.63) is 0 Å². The predicted molar refractivity (Wildman–Crippen MR) is 54.8 cm³/mol. The summed E-state index contributed by atoms with van der Waals surface area (Å²) >= 11 is 0. The maximum Gasteiger partial charge on any atom is 0.234 e. The van der Waals surface area contributed by atoms with Crippen molar-refractivity contribution in [3.8, 4) is 0 Å². The Morgan fingerprint density at radius 2 is 2.15 bits per heavy atom. The number of primary amides is 1. The summed E-state index contributed by atoms with van der Waals surface area (Å²) in [4.78, 5) is 10.8. The van der Waals surface area contributed by atoms with Crippen LogP contribution in [0.1, 0.15) is 20.3 Å². The van der Waals surface area contributed by atoms with Gasteiger partial charge in [-0.3, -0.25) is 9.00 Å². The van der Waals surface area contributed by atoms with Crippen molar-refractivity contribution in [1.29, 1.82) is 0 Å². The van der Waals surface area contributed by atoms with Crippen LogP contribution in [0, 0.1) is 0 Å². The zero-order chi connectivity index (χ0) is 10.4. The van der Waals surface area contributed by atoms with Gasteiger partial charge in [-0.2, -0.15) is 0 Å². The third-order valence-electron chi connectivity index (χ3n) is 1.97. The van der Waals surface area contributed by atoms with E-state index in [0.717, 1.165) is 0 Å². The third kappa shape index (κ3) is 5.00. The van der Waals surface area contributed by atoms with Crippen LogP contribution in [0.25, 0.3) is 0 Å². The van der Waals surface area contributed by atoms with Crippen LogP contribution in [0.3, 0.4) is 0 Å². The van der Waals surface area contributed by atoms with Crippen molar-refractivity contribution in [2.75, 3.05) is 12.8 Å². The quantitative estimate of drug-likeness (QED) is 0.621. The maximum absolute atomic E-state index is 11.0. The summed E-state index contributed by atoms with van der Waals surface area (Å²) < 4.78 is 11.0. The Labute approximate surface area is 81.7 Å². The Bertz CT molecular complexity index is 197. The molecule has 0 rings (SSSR count). The Morgan fingerprint density at radius 3 is 2.46 bits per heavy atom. The fourth-order valence-electron chi connectivity index (χ4n) is 0.872. The molecule has 0 saturated carbocycles. The summed E-state index contributed by atoms with van der Waals surface area (Å²) in [5.41, 5.74) is 5.13. The van der Waals surface area contributed by atoms with E-state index in [1.807, 2.05) is 13.8 Å². The number of carbonyl (C=O) groups excluding carboxylic acids is 1. The Hall–Kier alpha value is -0.420. The standard InChI is InChI=1S/C8H18N2O2S/c1-4-7(8(9)11)10-5-6(2)13(3)12/h6-7,10H,4-5H2,1-3H3,(H2,9,11). The fourth-order valence-corrected chi connectivity index (χ4v) is 1.20. The highest BCUT2D eigenvalue weighted by molar-refractivity contribution is 7.84. The lowest BCUT2D eigenvalue weighted by Gasteiger charge is -2.15. The molecule has 0 aliphatic heterocycles. The zero-order valence-electron chi connectivity index (χ0n) is 8.37. The minimum Gasteiger partial charge on any atom is -0.368 e. The molecule has 0 bridgehead atoms. The van der Waals surface area contributed by atoms with Gasteiger partial charge in [0.2, 0.25) is 5.91 Å². The van der Waals surface area contributed by atoms with E-state index in [2.05, 4.69) is 5.32 Å².